The Hall–Kier alpha value is -2.17. The fourth-order valence-corrected chi connectivity index (χ4v) is 4.71. The van der Waals surface area contributed by atoms with Crippen LogP contribution < -0.4 is 15.8 Å². The molecule has 168 valence electrons. The monoisotopic (exact) mass is 440 g/mol. The van der Waals surface area contributed by atoms with Gasteiger partial charge in [0.15, 0.2) is 0 Å². The first-order chi connectivity index (χ1) is 14.0. The average molecular weight is 441 g/mol. The van der Waals surface area contributed by atoms with Crippen molar-refractivity contribution in [2.24, 2.45) is 11.7 Å². The molecular weight excluding hydrogens is 408 g/mol. The van der Waals surface area contributed by atoms with Gasteiger partial charge in [-0.25, -0.2) is 17.9 Å². The van der Waals surface area contributed by atoms with E-state index in [0.717, 1.165) is 0 Å². The molecule has 3 amide bonds. The summed E-state index contributed by atoms with van der Waals surface area (Å²) in [7, 11) is -4.03. The van der Waals surface area contributed by atoms with Crippen LogP contribution in [-0.2, 0) is 14.8 Å². The largest absolute Gasteiger partial charge is 0.389 e. The van der Waals surface area contributed by atoms with Crippen LogP contribution in [0.25, 0.3) is 0 Å². The molecule has 2 unspecified atom stereocenters. The number of carbonyl (C=O) groups is 2. The normalized spacial score (nSPS) is 21.1. The van der Waals surface area contributed by atoms with E-state index in [-0.39, 0.29) is 29.8 Å². The molecule has 10 heteroatoms. The first kappa shape index (κ1) is 24.1. The van der Waals surface area contributed by atoms with Gasteiger partial charge in [0.05, 0.1) is 29.6 Å². The van der Waals surface area contributed by atoms with Gasteiger partial charge in [0.25, 0.3) is 10.0 Å². The van der Waals surface area contributed by atoms with E-state index in [0.29, 0.717) is 24.8 Å². The number of hydrogen-bond acceptors (Lipinski definition) is 6. The Kier molecular flexibility index (Phi) is 8.22. The van der Waals surface area contributed by atoms with E-state index in [1.54, 1.807) is 25.1 Å². The molecule has 0 aromatic heterocycles. The zero-order valence-electron chi connectivity index (χ0n) is 17.7. The van der Waals surface area contributed by atoms with Gasteiger partial charge in [0, 0.05) is 6.54 Å². The van der Waals surface area contributed by atoms with E-state index in [2.05, 4.69) is 10.0 Å². The number of rotatable bonds is 6. The number of benzene rings is 1. The van der Waals surface area contributed by atoms with E-state index in [1.807, 2.05) is 13.8 Å². The summed E-state index contributed by atoms with van der Waals surface area (Å²) in [6.07, 6.45) is 0.448. The van der Waals surface area contributed by atoms with Crippen molar-refractivity contribution in [3.05, 3.63) is 29.8 Å². The van der Waals surface area contributed by atoms with Crippen LogP contribution in [0.15, 0.2) is 29.2 Å². The minimum absolute atomic E-state index is 0.0259. The van der Waals surface area contributed by atoms with Gasteiger partial charge in [-0.2, -0.15) is 0 Å². The summed E-state index contributed by atoms with van der Waals surface area (Å²) >= 11 is 0. The maximum atomic E-state index is 12.6. The van der Waals surface area contributed by atoms with Crippen molar-refractivity contribution in [2.75, 3.05) is 13.1 Å². The third-order valence-corrected chi connectivity index (χ3v) is 6.58. The highest BCUT2D eigenvalue weighted by Crippen LogP contribution is 2.16. The molecule has 5 N–H and O–H groups in total. The van der Waals surface area contributed by atoms with Gasteiger partial charge in [0.1, 0.15) is 0 Å². The highest BCUT2D eigenvalue weighted by Gasteiger charge is 2.31. The summed E-state index contributed by atoms with van der Waals surface area (Å²) in [6, 6.07) is 4.34. The van der Waals surface area contributed by atoms with Crippen molar-refractivity contribution in [1.82, 2.24) is 14.9 Å². The molecule has 1 aliphatic heterocycles. The number of nitrogens with zero attached hydrogens (tertiary/aromatic N) is 1. The van der Waals surface area contributed by atoms with Gasteiger partial charge < -0.3 is 21.1 Å². The van der Waals surface area contributed by atoms with Crippen LogP contribution in [0.5, 0.6) is 0 Å². The van der Waals surface area contributed by atoms with Gasteiger partial charge in [-0.3, -0.25) is 4.79 Å². The third-order valence-electron chi connectivity index (χ3n) is 5.10. The molecule has 1 aliphatic rings. The number of aliphatic hydroxyl groups is 1. The average Bonchev–Trinajstić information content (AvgIpc) is 2.83. The topological polar surface area (TPSA) is 142 Å². The number of urea groups is 1. The van der Waals surface area contributed by atoms with Gasteiger partial charge >= 0.3 is 6.03 Å². The Morgan fingerprint density at radius 2 is 1.97 bits per heavy atom. The molecule has 1 aromatic carbocycles. The number of sulfonamides is 1. The smallest absolute Gasteiger partial charge is 0.331 e. The van der Waals surface area contributed by atoms with Crippen LogP contribution in [0.2, 0.25) is 0 Å². The van der Waals surface area contributed by atoms with Crippen molar-refractivity contribution in [3.63, 3.8) is 0 Å². The molecule has 3 atom stereocenters. The predicted molar refractivity (Wildman–Crippen MR) is 113 cm³/mol. The molecule has 1 fully saturated rings. The summed E-state index contributed by atoms with van der Waals surface area (Å²) in [5.74, 6) is -0.0769. The molecule has 2 rings (SSSR count). The number of aliphatic hydroxyl groups excluding tert-OH is 1. The van der Waals surface area contributed by atoms with E-state index in [1.165, 1.54) is 11.0 Å². The lowest BCUT2D eigenvalue weighted by Crippen LogP contribution is -2.52. The van der Waals surface area contributed by atoms with E-state index in [4.69, 9.17) is 5.73 Å². The molecule has 30 heavy (non-hydrogen) atoms. The standard InChI is InChI=1S/C20H32N4O5S/c1-13(2)11-15(21)19(26)22-16-8-6-10-24(12-17(16)25)20(27)23-30(28,29)18-9-5-4-7-14(18)3/h4-5,7,9,13,15-17,25H,6,8,10-12,21H2,1-3H3,(H,22,26)(H,23,27)/t15-,16?,17?/m0/s1. The number of nitrogens with one attached hydrogen (secondary N) is 2. The Morgan fingerprint density at radius 1 is 1.30 bits per heavy atom. The molecule has 0 bridgehead atoms. The minimum atomic E-state index is -4.03. The minimum Gasteiger partial charge on any atom is -0.389 e. The second-order valence-corrected chi connectivity index (χ2v) is 9.83. The maximum Gasteiger partial charge on any atom is 0.331 e. The number of hydrogen-bond donors (Lipinski definition) is 4. The fourth-order valence-electron chi connectivity index (χ4n) is 3.49. The molecule has 9 nitrogen and oxygen atoms in total. The van der Waals surface area contributed by atoms with Gasteiger partial charge in [-0.1, -0.05) is 32.0 Å². The Morgan fingerprint density at radius 3 is 2.60 bits per heavy atom. The Bertz CT molecular complexity index is 859. The van der Waals surface area contributed by atoms with Crippen LogP contribution in [0.3, 0.4) is 0 Å². The van der Waals surface area contributed by atoms with Crippen molar-refractivity contribution >= 4 is 22.0 Å². The molecule has 0 radical (unpaired) electrons. The van der Waals surface area contributed by atoms with Gasteiger partial charge in [0.2, 0.25) is 5.91 Å². The first-order valence-corrected chi connectivity index (χ1v) is 11.6. The van der Waals surface area contributed by atoms with Crippen LogP contribution in [0, 0.1) is 12.8 Å². The summed E-state index contributed by atoms with van der Waals surface area (Å²) in [5.41, 5.74) is 6.42. The zero-order chi connectivity index (χ0) is 22.5. The summed E-state index contributed by atoms with van der Waals surface area (Å²) in [6.45, 7) is 5.74. The van der Waals surface area contributed by atoms with Crippen LogP contribution in [0.1, 0.15) is 38.7 Å². The van der Waals surface area contributed by atoms with Crippen molar-refractivity contribution < 1.29 is 23.1 Å². The van der Waals surface area contributed by atoms with Crippen LogP contribution >= 0.6 is 0 Å². The van der Waals surface area contributed by atoms with E-state index < -0.39 is 34.2 Å². The van der Waals surface area contributed by atoms with Crippen molar-refractivity contribution in [2.45, 2.75) is 63.1 Å². The molecular formula is C20H32N4O5S. The second kappa shape index (κ2) is 10.2. The SMILES string of the molecule is Cc1ccccc1S(=O)(=O)NC(=O)N1CCCC(NC(=O)[C@@H](N)CC(C)C)C(O)C1. The summed E-state index contributed by atoms with van der Waals surface area (Å²) < 4.78 is 27.2. The molecule has 1 heterocycles. The number of nitrogens with two attached hydrogens (primary N) is 1. The number of amides is 3. The van der Waals surface area contributed by atoms with Crippen molar-refractivity contribution in [3.8, 4) is 0 Å². The third kappa shape index (κ3) is 6.41. The van der Waals surface area contributed by atoms with Gasteiger partial charge in [-0.05, 0) is 43.7 Å². The lowest BCUT2D eigenvalue weighted by molar-refractivity contribution is -0.124. The summed E-state index contributed by atoms with van der Waals surface area (Å²) in [4.78, 5) is 26.1. The van der Waals surface area contributed by atoms with Crippen molar-refractivity contribution in [1.29, 1.82) is 0 Å². The van der Waals surface area contributed by atoms with Crippen LogP contribution in [0.4, 0.5) is 4.79 Å². The van der Waals surface area contributed by atoms with Crippen LogP contribution in [-0.4, -0.2) is 61.6 Å². The molecule has 0 saturated carbocycles. The Labute approximate surface area is 178 Å². The number of likely N-dealkylation sites (tertiary alicyclic amines) is 1. The van der Waals surface area contributed by atoms with Gasteiger partial charge in [-0.15, -0.1) is 0 Å². The molecule has 1 saturated heterocycles. The fraction of sp³-hybridized carbons (Fsp3) is 0.600. The van der Waals surface area contributed by atoms with E-state index in [9.17, 15) is 23.1 Å². The zero-order valence-corrected chi connectivity index (χ0v) is 18.5. The molecule has 0 aliphatic carbocycles. The predicted octanol–water partition coefficient (Wildman–Crippen LogP) is 0.708. The number of aryl methyl sites for hydroxylation is 1. The first-order valence-electron chi connectivity index (χ1n) is 10.1. The lowest BCUT2D eigenvalue weighted by atomic mass is 10.0. The lowest BCUT2D eigenvalue weighted by Gasteiger charge is -2.26. The Balaban J connectivity index is 2.00. The summed E-state index contributed by atoms with van der Waals surface area (Å²) in [5, 5.41) is 13.3. The highest BCUT2D eigenvalue weighted by atomic mass is 32.2. The number of carbonyl (C=O) groups excluding carboxylic acids is 2. The number of β-amino-alcohol motifs (C(OH)–C–C–N with tert-alkyl or cyclic N) is 1. The molecule has 0 spiro atoms. The molecule has 1 aromatic rings. The second-order valence-electron chi connectivity index (χ2n) is 8.18. The highest BCUT2D eigenvalue weighted by molar-refractivity contribution is 7.90. The maximum absolute atomic E-state index is 12.6. The van der Waals surface area contributed by atoms with E-state index >= 15 is 0 Å². The quantitative estimate of drug-likeness (QED) is 0.513.